The molecule has 0 heterocycles. The van der Waals surface area contributed by atoms with E-state index in [2.05, 4.69) is 32.2 Å². The van der Waals surface area contributed by atoms with Crippen molar-refractivity contribution in [3.63, 3.8) is 0 Å². The van der Waals surface area contributed by atoms with Crippen LogP contribution in [-0.2, 0) is 0 Å². The maximum Gasteiger partial charge on any atom is 0.0453 e. The number of nitrogens with one attached hydrogen (secondary N) is 1. The zero-order valence-electron chi connectivity index (χ0n) is 10.5. The molecule has 16 heavy (non-hydrogen) atoms. The minimum atomic E-state index is 0.327. The first-order chi connectivity index (χ1) is 7.65. The fraction of sp³-hybridized carbons (Fsp3) is 0.571. The molecule has 0 spiro atoms. The molecule has 0 aliphatic rings. The van der Waals surface area contributed by atoms with E-state index in [0.717, 1.165) is 17.5 Å². The molecule has 0 bridgehead atoms. The number of halogens is 1. The molecule has 0 radical (unpaired) electrons. The van der Waals surface area contributed by atoms with Crippen LogP contribution in [0, 0.1) is 5.92 Å². The Balaban J connectivity index is 2.46. The minimum absolute atomic E-state index is 0.327. The largest absolute Gasteiger partial charge is 0.310 e. The molecular formula is C14H22ClN. The monoisotopic (exact) mass is 239 g/mol. The van der Waals surface area contributed by atoms with Crippen molar-refractivity contribution >= 4 is 11.6 Å². The predicted molar refractivity (Wildman–Crippen MR) is 71.9 cm³/mol. The molecule has 1 aromatic carbocycles. The van der Waals surface area contributed by atoms with Crippen LogP contribution in [0.3, 0.4) is 0 Å². The van der Waals surface area contributed by atoms with Gasteiger partial charge < -0.3 is 5.32 Å². The second kappa shape index (κ2) is 6.93. The molecule has 1 rings (SSSR count). The van der Waals surface area contributed by atoms with Gasteiger partial charge in [0.15, 0.2) is 0 Å². The molecule has 0 amide bonds. The summed E-state index contributed by atoms with van der Waals surface area (Å²) in [5, 5.41) is 4.39. The van der Waals surface area contributed by atoms with Crippen LogP contribution in [0.2, 0.25) is 5.02 Å². The van der Waals surface area contributed by atoms with Crippen LogP contribution in [0.15, 0.2) is 24.3 Å². The highest BCUT2D eigenvalue weighted by atomic mass is 35.5. The summed E-state index contributed by atoms with van der Waals surface area (Å²) in [5.41, 5.74) is 1.19. The topological polar surface area (TPSA) is 12.0 Å². The van der Waals surface area contributed by atoms with Crippen molar-refractivity contribution in [3.05, 3.63) is 34.9 Å². The van der Waals surface area contributed by atoms with E-state index >= 15 is 0 Å². The molecule has 2 heteroatoms. The lowest BCUT2D eigenvalue weighted by Gasteiger charge is -2.18. The summed E-state index contributed by atoms with van der Waals surface area (Å²) in [4.78, 5) is 0. The van der Waals surface area contributed by atoms with E-state index in [4.69, 9.17) is 11.6 Å². The Morgan fingerprint density at radius 1 is 1.25 bits per heavy atom. The van der Waals surface area contributed by atoms with Crippen LogP contribution < -0.4 is 5.32 Å². The third-order valence-corrected chi connectivity index (χ3v) is 3.27. The third-order valence-electron chi connectivity index (χ3n) is 2.93. The van der Waals surface area contributed by atoms with Crippen molar-refractivity contribution in [1.82, 2.24) is 5.32 Å². The zero-order chi connectivity index (χ0) is 12.0. The average Bonchev–Trinajstić information content (AvgIpc) is 2.27. The molecule has 0 fully saturated rings. The second-order valence-electron chi connectivity index (χ2n) is 4.55. The molecular weight excluding hydrogens is 218 g/mol. The summed E-state index contributed by atoms with van der Waals surface area (Å²) >= 11 is 6.16. The Morgan fingerprint density at radius 3 is 2.56 bits per heavy atom. The first-order valence-electron chi connectivity index (χ1n) is 6.13. The molecule has 0 aliphatic carbocycles. The van der Waals surface area contributed by atoms with Crippen LogP contribution in [0.1, 0.15) is 45.2 Å². The number of hydrogen-bond acceptors (Lipinski definition) is 1. The van der Waals surface area contributed by atoms with E-state index in [9.17, 15) is 0 Å². The van der Waals surface area contributed by atoms with E-state index in [-0.39, 0.29) is 0 Å². The van der Waals surface area contributed by atoms with Crippen molar-refractivity contribution in [2.24, 2.45) is 5.92 Å². The molecule has 1 nitrogen and oxygen atoms in total. The number of hydrogen-bond donors (Lipinski definition) is 1. The molecule has 1 N–H and O–H groups in total. The Hall–Kier alpha value is -0.530. The van der Waals surface area contributed by atoms with Crippen molar-refractivity contribution in [1.29, 1.82) is 0 Å². The van der Waals surface area contributed by atoms with Crippen LogP contribution in [-0.4, -0.2) is 6.54 Å². The Labute approximate surface area is 104 Å². The fourth-order valence-electron chi connectivity index (χ4n) is 1.91. The lowest BCUT2D eigenvalue weighted by Crippen LogP contribution is -2.24. The van der Waals surface area contributed by atoms with Gasteiger partial charge in [0.2, 0.25) is 0 Å². The van der Waals surface area contributed by atoms with Crippen LogP contribution in [0.25, 0.3) is 0 Å². The summed E-state index contributed by atoms with van der Waals surface area (Å²) < 4.78 is 0. The Kier molecular flexibility index (Phi) is 5.86. The normalized spacial score (nSPS) is 14.8. The molecule has 0 aliphatic heterocycles. The first-order valence-corrected chi connectivity index (χ1v) is 6.50. The maximum absolute atomic E-state index is 6.16. The standard InChI is InChI=1S/C14H22ClN/c1-4-7-11(2)10-16-12(3)13-8-5-6-9-14(13)15/h5-6,8-9,11-12,16H,4,7,10H2,1-3H3/t11?,12-/m0/s1. The maximum atomic E-state index is 6.16. The number of rotatable bonds is 6. The molecule has 2 atom stereocenters. The average molecular weight is 240 g/mol. The smallest absolute Gasteiger partial charge is 0.0453 e. The summed E-state index contributed by atoms with van der Waals surface area (Å²) in [6.45, 7) is 7.74. The molecule has 0 saturated heterocycles. The van der Waals surface area contributed by atoms with E-state index in [0.29, 0.717) is 6.04 Å². The first kappa shape index (κ1) is 13.5. The van der Waals surface area contributed by atoms with Crippen molar-refractivity contribution < 1.29 is 0 Å². The second-order valence-corrected chi connectivity index (χ2v) is 4.95. The predicted octanol–water partition coefficient (Wildman–Crippen LogP) is 4.43. The van der Waals surface area contributed by atoms with Gasteiger partial charge in [-0.05, 0) is 37.4 Å². The Morgan fingerprint density at radius 2 is 1.94 bits per heavy atom. The van der Waals surface area contributed by atoms with Crippen molar-refractivity contribution in [2.45, 2.75) is 39.7 Å². The van der Waals surface area contributed by atoms with Crippen LogP contribution >= 0.6 is 11.6 Å². The highest BCUT2D eigenvalue weighted by Crippen LogP contribution is 2.22. The summed E-state index contributed by atoms with van der Waals surface area (Å²) in [6, 6.07) is 8.37. The van der Waals surface area contributed by atoms with Gasteiger partial charge in [-0.25, -0.2) is 0 Å². The van der Waals surface area contributed by atoms with Crippen molar-refractivity contribution in [2.75, 3.05) is 6.54 Å². The molecule has 0 saturated carbocycles. The van der Waals surface area contributed by atoms with Gasteiger partial charge in [0.05, 0.1) is 0 Å². The van der Waals surface area contributed by atoms with Gasteiger partial charge in [-0.2, -0.15) is 0 Å². The van der Waals surface area contributed by atoms with E-state index in [1.165, 1.54) is 18.4 Å². The van der Waals surface area contributed by atoms with E-state index < -0.39 is 0 Å². The molecule has 1 aromatic rings. The van der Waals surface area contributed by atoms with E-state index in [1.54, 1.807) is 0 Å². The quantitative estimate of drug-likeness (QED) is 0.775. The van der Waals surface area contributed by atoms with Gasteiger partial charge in [-0.15, -0.1) is 0 Å². The lowest BCUT2D eigenvalue weighted by atomic mass is 10.0. The van der Waals surface area contributed by atoms with Gasteiger partial charge in [-0.3, -0.25) is 0 Å². The van der Waals surface area contributed by atoms with Gasteiger partial charge in [-0.1, -0.05) is 50.1 Å². The molecule has 0 aromatic heterocycles. The minimum Gasteiger partial charge on any atom is -0.310 e. The highest BCUT2D eigenvalue weighted by Gasteiger charge is 2.09. The summed E-state index contributed by atoms with van der Waals surface area (Å²) in [5.74, 6) is 0.731. The molecule has 1 unspecified atom stereocenters. The lowest BCUT2D eigenvalue weighted by molar-refractivity contribution is 0.444. The number of benzene rings is 1. The highest BCUT2D eigenvalue weighted by molar-refractivity contribution is 6.31. The van der Waals surface area contributed by atoms with Gasteiger partial charge in [0.1, 0.15) is 0 Å². The van der Waals surface area contributed by atoms with Gasteiger partial charge in [0.25, 0.3) is 0 Å². The van der Waals surface area contributed by atoms with Gasteiger partial charge in [0, 0.05) is 11.1 Å². The Bertz CT molecular complexity index is 311. The fourth-order valence-corrected chi connectivity index (χ4v) is 2.21. The van der Waals surface area contributed by atoms with Crippen LogP contribution in [0.4, 0.5) is 0 Å². The SMILES string of the molecule is CCCC(C)CN[C@@H](C)c1ccccc1Cl. The third kappa shape index (κ3) is 4.15. The van der Waals surface area contributed by atoms with E-state index in [1.807, 2.05) is 18.2 Å². The van der Waals surface area contributed by atoms with Crippen molar-refractivity contribution in [3.8, 4) is 0 Å². The zero-order valence-corrected chi connectivity index (χ0v) is 11.2. The summed E-state index contributed by atoms with van der Waals surface area (Å²) in [6.07, 6.45) is 2.53. The van der Waals surface area contributed by atoms with Crippen LogP contribution in [0.5, 0.6) is 0 Å². The molecule has 90 valence electrons. The summed E-state index contributed by atoms with van der Waals surface area (Å²) in [7, 11) is 0. The van der Waals surface area contributed by atoms with Gasteiger partial charge >= 0.3 is 0 Å².